The third kappa shape index (κ3) is 3.94. The van der Waals surface area contributed by atoms with Gasteiger partial charge >= 0.3 is 0 Å². The first-order chi connectivity index (χ1) is 11.5. The number of hydrogen-bond donors (Lipinski definition) is 0. The Morgan fingerprint density at radius 1 is 1.12 bits per heavy atom. The second kappa shape index (κ2) is 6.63. The van der Waals surface area contributed by atoms with Crippen LogP contribution in [-0.4, -0.2) is 22.4 Å². The standard InChI is InChI=1S/C20H22FNO2/c1-20(2,24-18-12-8-16(21)9-13-18)19(23)22(17-10-11-17)14-15-6-4-3-5-7-15/h3-9,12-13,17H,10-11,14H2,1-2H3. The molecule has 2 aromatic rings. The molecule has 24 heavy (non-hydrogen) atoms. The molecule has 1 amide bonds. The number of ether oxygens (including phenoxy) is 1. The first kappa shape index (κ1) is 16.5. The van der Waals surface area contributed by atoms with Gasteiger partial charge in [0.15, 0.2) is 5.60 Å². The van der Waals surface area contributed by atoms with E-state index < -0.39 is 5.60 Å². The first-order valence-corrected chi connectivity index (χ1v) is 8.25. The lowest BCUT2D eigenvalue weighted by Gasteiger charge is -2.32. The molecule has 0 radical (unpaired) electrons. The third-order valence-electron chi connectivity index (χ3n) is 4.15. The van der Waals surface area contributed by atoms with E-state index in [2.05, 4.69) is 0 Å². The molecule has 1 fully saturated rings. The molecule has 0 atom stereocenters. The summed E-state index contributed by atoms with van der Waals surface area (Å²) in [6.45, 7) is 4.11. The largest absolute Gasteiger partial charge is 0.478 e. The van der Waals surface area contributed by atoms with Gasteiger partial charge in [-0.25, -0.2) is 4.39 Å². The summed E-state index contributed by atoms with van der Waals surface area (Å²) in [5.74, 6) is 0.124. The molecule has 1 aliphatic carbocycles. The minimum Gasteiger partial charge on any atom is -0.478 e. The van der Waals surface area contributed by atoms with Gasteiger partial charge in [-0.15, -0.1) is 0 Å². The van der Waals surface area contributed by atoms with Gasteiger partial charge in [-0.2, -0.15) is 0 Å². The van der Waals surface area contributed by atoms with Crippen LogP contribution in [0.5, 0.6) is 5.75 Å². The molecule has 3 nitrogen and oxygen atoms in total. The van der Waals surface area contributed by atoms with E-state index in [-0.39, 0.29) is 17.8 Å². The summed E-state index contributed by atoms with van der Waals surface area (Å²) in [4.78, 5) is 15.0. The van der Waals surface area contributed by atoms with Crippen molar-refractivity contribution < 1.29 is 13.9 Å². The van der Waals surface area contributed by atoms with Gasteiger partial charge in [0.2, 0.25) is 0 Å². The van der Waals surface area contributed by atoms with E-state index in [9.17, 15) is 9.18 Å². The highest BCUT2D eigenvalue weighted by Gasteiger charge is 2.41. The van der Waals surface area contributed by atoms with E-state index in [0.29, 0.717) is 12.3 Å². The number of rotatable bonds is 6. The second-order valence-corrected chi connectivity index (χ2v) is 6.72. The molecule has 4 heteroatoms. The maximum absolute atomic E-state index is 13.0. The zero-order valence-corrected chi connectivity index (χ0v) is 14.0. The number of nitrogens with zero attached hydrogens (tertiary/aromatic N) is 1. The SMILES string of the molecule is CC(C)(Oc1ccc(F)cc1)C(=O)N(Cc1ccccc1)C1CC1. The molecule has 126 valence electrons. The highest BCUT2D eigenvalue weighted by molar-refractivity contribution is 5.85. The van der Waals surface area contributed by atoms with Crippen molar-refractivity contribution in [2.45, 2.75) is 44.9 Å². The van der Waals surface area contributed by atoms with Crippen LogP contribution in [0.4, 0.5) is 4.39 Å². The molecule has 0 N–H and O–H groups in total. The van der Waals surface area contributed by atoms with E-state index in [1.807, 2.05) is 35.2 Å². The lowest BCUT2D eigenvalue weighted by Crippen LogP contribution is -2.49. The van der Waals surface area contributed by atoms with Gasteiger partial charge in [-0.1, -0.05) is 30.3 Å². The normalized spacial score (nSPS) is 14.3. The van der Waals surface area contributed by atoms with E-state index in [1.54, 1.807) is 26.0 Å². The maximum Gasteiger partial charge on any atom is 0.266 e. The lowest BCUT2D eigenvalue weighted by molar-refractivity contribution is -0.146. The molecule has 0 aromatic heterocycles. The van der Waals surface area contributed by atoms with Crippen molar-refractivity contribution in [3.8, 4) is 5.75 Å². The Kier molecular flexibility index (Phi) is 4.56. The molecular weight excluding hydrogens is 305 g/mol. The van der Waals surface area contributed by atoms with E-state index in [4.69, 9.17) is 4.74 Å². The minimum atomic E-state index is -1.00. The Hall–Kier alpha value is -2.36. The van der Waals surface area contributed by atoms with E-state index >= 15 is 0 Å². The summed E-state index contributed by atoms with van der Waals surface area (Å²) in [5.41, 5.74) is 0.102. The fourth-order valence-corrected chi connectivity index (χ4v) is 2.72. The van der Waals surface area contributed by atoms with Gasteiger partial charge in [0.05, 0.1) is 0 Å². The smallest absolute Gasteiger partial charge is 0.266 e. The molecule has 0 spiro atoms. The number of hydrogen-bond acceptors (Lipinski definition) is 2. The van der Waals surface area contributed by atoms with Crippen molar-refractivity contribution in [1.82, 2.24) is 4.90 Å². The van der Waals surface area contributed by atoms with Gasteiger partial charge < -0.3 is 9.64 Å². The maximum atomic E-state index is 13.0. The molecule has 0 saturated heterocycles. The molecular formula is C20H22FNO2. The molecule has 1 saturated carbocycles. The van der Waals surface area contributed by atoms with Crippen molar-refractivity contribution >= 4 is 5.91 Å². The zero-order valence-electron chi connectivity index (χ0n) is 14.0. The Labute approximate surface area is 142 Å². The predicted octanol–water partition coefficient (Wildman–Crippen LogP) is 4.17. The fourth-order valence-electron chi connectivity index (χ4n) is 2.72. The topological polar surface area (TPSA) is 29.5 Å². The summed E-state index contributed by atoms with van der Waals surface area (Å²) >= 11 is 0. The Balaban J connectivity index is 1.74. The van der Waals surface area contributed by atoms with Crippen molar-refractivity contribution in [3.05, 3.63) is 66.0 Å². The van der Waals surface area contributed by atoms with E-state index in [1.165, 1.54) is 12.1 Å². The summed E-state index contributed by atoms with van der Waals surface area (Å²) in [5, 5.41) is 0. The van der Waals surface area contributed by atoms with E-state index in [0.717, 1.165) is 18.4 Å². The van der Waals surface area contributed by atoms with Gasteiger partial charge in [0.1, 0.15) is 11.6 Å². The van der Waals surface area contributed by atoms with Gasteiger partial charge in [-0.05, 0) is 56.5 Å². The molecule has 0 bridgehead atoms. The molecule has 0 heterocycles. The van der Waals surface area contributed by atoms with Crippen LogP contribution in [0.1, 0.15) is 32.3 Å². The fraction of sp³-hybridized carbons (Fsp3) is 0.350. The van der Waals surface area contributed by atoms with Crippen LogP contribution in [0.2, 0.25) is 0 Å². The quantitative estimate of drug-likeness (QED) is 0.797. The van der Waals surface area contributed by atoms with Crippen molar-refractivity contribution in [1.29, 1.82) is 0 Å². The van der Waals surface area contributed by atoms with Crippen LogP contribution in [0.25, 0.3) is 0 Å². The molecule has 3 rings (SSSR count). The summed E-state index contributed by atoms with van der Waals surface area (Å²) in [6, 6.07) is 16.0. The second-order valence-electron chi connectivity index (χ2n) is 6.72. The number of carbonyl (C=O) groups excluding carboxylic acids is 1. The van der Waals surface area contributed by atoms with Crippen LogP contribution >= 0.6 is 0 Å². The Morgan fingerprint density at radius 2 is 1.75 bits per heavy atom. The third-order valence-corrected chi connectivity index (χ3v) is 4.15. The highest BCUT2D eigenvalue weighted by Crippen LogP contribution is 2.31. The van der Waals surface area contributed by atoms with Gasteiger partial charge in [0, 0.05) is 12.6 Å². The van der Waals surface area contributed by atoms with Crippen molar-refractivity contribution in [3.63, 3.8) is 0 Å². The number of amides is 1. The summed E-state index contributed by atoms with van der Waals surface area (Å²) < 4.78 is 18.9. The monoisotopic (exact) mass is 327 g/mol. The van der Waals surface area contributed by atoms with Gasteiger partial charge in [0.25, 0.3) is 5.91 Å². The Morgan fingerprint density at radius 3 is 2.33 bits per heavy atom. The Bertz CT molecular complexity index is 693. The van der Waals surface area contributed by atoms with Crippen LogP contribution < -0.4 is 4.74 Å². The molecule has 0 unspecified atom stereocenters. The van der Waals surface area contributed by atoms with Crippen molar-refractivity contribution in [2.75, 3.05) is 0 Å². The van der Waals surface area contributed by atoms with Crippen LogP contribution in [0.15, 0.2) is 54.6 Å². The van der Waals surface area contributed by atoms with Crippen molar-refractivity contribution in [2.24, 2.45) is 0 Å². The minimum absolute atomic E-state index is 0.0434. The highest BCUT2D eigenvalue weighted by atomic mass is 19.1. The zero-order chi connectivity index (χ0) is 17.2. The molecule has 1 aliphatic rings. The number of halogens is 1. The molecule has 2 aromatic carbocycles. The van der Waals surface area contributed by atoms with Gasteiger partial charge in [-0.3, -0.25) is 4.79 Å². The van der Waals surface area contributed by atoms with Crippen LogP contribution in [-0.2, 0) is 11.3 Å². The average Bonchev–Trinajstić information content (AvgIpc) is 3.40. The van der Waals surface area contributed by atoms with Crippen LogP contribution in [0, 0.1) is 5.82 Å². The number of carbonyl (C=O) groups is 1. The first-order valence-electron chi connectivity index (χ1n) is 8.25. The predicted molar refractivity (Wildman–Crippen MR) is 91.1 cm³/mol. The summed E-state index contributed by atoms with van der Waals surface area (Å²) in [6.07, 6.45) is 2.07. The number of benzene rings is 2. The molecule has 0 aliphatic heterocycles. The van der Waals surface area contributed by atoms with Crippen LogP contribution in [0.3, 0.4) is 0 Å². The average molecular weight is 327 g/mol. The summed E-state index contributed by atoms with van der Waals surface area (Å²) in [7, 11) is 0. The lowest BCUT2D eigenvalue weighted by atomic mass is 10.1.